The quantitative estimate of drug-likeness (QED) is 0.519. The smallest absolute Gasteiger partial charge is 0.274 e. The second-order valence-electron chi connectivity index (χ2n) is 1.60. The van der Waals surface area contributed by atoms with Gasteiger partial charge in [0.2, 0.25) is 0 Å². The standard InChI is InChI=1S/C4H5Cl2FO2/c5-4(6)3(7)8-1-2-9-4/h3H,1-2H2. The first-order valence-corrected chi connectivity index (χ1v) is 3.16. The van der Waals surface area contributed by atoms with Crippen molar-refractivity contribution in [1.82, 2.24) is 0 Å². The Kier molecular flexibility index (Phi) is 2.16. The summed E-state index contributed by atoms with van der Waals surface area (Å²) in [6, 6.07) is 0. The van der Waals surface area contributed by atoms with Crippen LogP contribution in [0.1, 0.15) is 0 Å². The largest absolute Gasteiger partial charge is 0.342 e. The van der Waals surface area contributed by atoms with Crippen LogP contribution in [0.15, 0.2) is 0 Å². The number of hydrogen-bond acceptors (Lipinski definition) is 2. The monoisotopic (exact) mass is 174 g/mol. The van der Waals surface area contributed by atoms with Gasteiger partial charge in [-0.05, 0) is 0 Å². The molecule has 0 N–H and O–H groups in total. The van der Waals surface area contributed by atoms with Gasteiger partial charge in [0.1, 0.15) is 0 Å². The molecule has 9 heavy (non-hydrogen) atoms. The van der Waals surface area contributed by atoms with Gasteiger partial charge in [0.05, 0.1) is 13.2 Å². The zero-order valence-electron chi connectivity index (χ0n) is 4.44. The SMILES string of the molecule is FC1OCCOC1(Cl)Cl. The van der Waals surface area contributed by atoms with Crippen molar-refractivity contribution in [3.05, 3.63) is 0 Å². The zero-order chi connectivity index (χ0) is 6.91. The van der Waals surface area contributed by atoms with Crippen molar-refractivity contribution in [1.29, 1.82) is 0 Å². The van der Waals surface area contributed by atoms with Gasteiger partial charge < -0.3 is 9.47 Å². The highest BCUT2D eigenvalue weighted by molar-refractivity contribution is 6.47. The Morgan fingerprint density at radius 3 is 2.44 bits per heavy atom. The van der Waals surface area contributed by atoms with E-state index in [-0.39, 0.29) is 13.2 Å². The molecule has 0 aromatic rings. The third kappa shape index (κ3) is 1.67. The molecule has 1 aliphatic rings. The summed E-state index contributed by atoms with van der Waals surface area (Å²) in [4.78, 5) is 0. The minimum absolute atomic E-state index is 0.197. The maximum absolute atomic E-state index is 12.4. The highest BCUT2D eigenvalue weighted by Crippen LogP contribution is 2.32. The van der Waals surface area contributed by atoms with Crippen LogP contribution in [0.25, 0.3) is 0 Å². The van der Waals surface area contributed by atoms with Gasteiger partial charge >= 0.3 is 0 Å². The molecule has 0 spiro atoms. The Labute approximate surface area is 61.8 Å². The first kappa shape index (κ1) is 7.54. The second kappa shape index (κ2) is 2.58. The van der Waals surface area contributed by atoms with Crippen LogP contribution >= 0.6 is 23.2 Å². The average molecular weight is 175 g/mol. The van der Waals surface area contributed by atoms with Crippen LogP contribution in [0, 0.1) is 0 Å². The third-order valence-electron chi connectivity index (χ3n) is 0.906. The Balaban J connectivity index is 2.49. The fraction of sp³-hybridized carbons (Fsp3) is 1.00. The normalized spacial score (nSPS) is 34.3. The van der Waals surface area contributed by atoms with E-state index < -0.39 is 10.9 Å². The van der Waals surface area contributed by atoms with Gasteiger partial charge in [-0.3, -0.25) is 0 Å². The molecule has 0 aliphatic carbocycles. The molecule has 1 unspecified atom stereocenters. The molecule has 0 aromatic carbocycles. The molecular formula is C4H5Cl2FO2. The fourth-order valence-electron chi connectivity index (χ4n) is 0.492. The molecule has 1 saturated heterocycles. The fourth-order valence-corrected chi connectivity index (χ4v) is 0.772. The topological polar surface area (TPSA) is 18.5 Å². The summed E-state index contributed by atoms with van der Waals surface area (Å²) in [5, 5.41) is 0. The molecule has 1 aliphatic heterocycles. The van der Waals surface area contributed by atoms with Crippen LogP contribution in [-0.2, 0) is 9.47 Å². The van der Waals surface area contributed by atoms with E-state index in [0.717, 1.165) is 0 Å². The van der Waals surface area contributed by atoms with Crippen molar-refractivity contribution in [2.45, 2.75) is 10.9 Å². The van der Waals surface area contributed by atoms with Gasteiger partial charge in [0, 0.05) is 0 Å². The summed E-state index contributed by atoms with van der Waals surface area (Å²) in [5.41, 5.74) is 0. The molecule has 0 radical (unpaired) electrons. The van der Waals surface area contributed by atoms with Crippen LogP contribution in [-0.4, -0.2) is 24.1 Å². The lowest BCUT2D eigenvalue weighted by Crippen LogP contribution is -2.39. The lowest BCUT2D eigenvalue weighted by atomic mass is 10.6. The predicted octanol–water partition coefficient (Wildman–Crippen LogP) is 1.46. The van der Waals surface area contributed by atoms with Gasteiger partial charge in [-0.25, -0.2) is 4.39 Å². The molecule has 1 heterocycles. The molecule has 1 rings (SSSR count). The zero-order valence-corrected chi connectivity index (χ0v) is 5.95. The number of rotatable bonds is 0. The van der Waals surface area contributed by atoms with Gasteiger partial charge in [-0.15, -0.1) is 0 Å². The van der Waals surface area contributed by atoms with Crippen molar-refractivity contribution in [3.63, 3.8) is 0 Å². The summed E-state index contributed by atoms with van der Waals surface area (Å²) in [6.45, 7) is 0.426. The van der Waals surface area contributed by atoms with Crippen LogP contribution in [0.5, 0.6) is 0 Å². The Hall–Kier alpha value is 0.430. The molecule has 2 nitrogen and oxygen atoms in total. The average Bonchev–Trinajstić information content (AvgIpc) is 1.77. The van der Waals surface area contributed by atoms with E-state index in [1.54, 1.807) is 0 Å². The predicted molar refractivity (Wildman–Crippen MR) is 31.2 cm³/mol. The van der Waals surface area contributed by atoms with E-state index in [2.05, 4.69) is 9.47 Å². The van der Waals surface area contributed by atoms with E-state index >= 15 is 0 Å². The number of alkyl halides is 3. The maximum Gasteiger partial charge on any atom is 0.274 e. The van der Waals surface area contributed by atoms with E-state index in [1.807, 2.05) is 0 Å². The molecule has 1 fully saturated rings. The van der Waals surface area contributed by atoms with Crippen LogP contribution in [0.4, 0.5) is 4.39 Å². The van der Waals surface area contributed by atoms with Crippen LogP contribution in [0.2, 0.25) is 0 Å². The van der Waals surface area contributed by atoms with E-state index in [1.165, 1.54) is 0 Å². The third-order valence-corrected chi connectivity index (χ3v) is 1.47. The molecule has 5 heteroatoms. The number of halogens is 3. The van der Waals surface area contributed by atoms with E-state index in [4.69, 9.17) is 23.2 Å². The Morgan fingerprint density at radius 1 is 1.44 bits per heavy atom. The van der Waals surface area contributed by atoms with Crippen molar-refractivity contribution < 1.29 is 13.9 Å². The summed E-state index contributed by atoms with van der Waals surface area (Å²) >= 11 is 10.5. The molecule has 1 atom stereocenters. The van der Waals surface area contributed by atoms with Gasteiger partial charge in [-0.1, -0.05) is 23.2 Å². The minimum atomic E-state index is -1.81. The first-order valence-electron chi connectivity index (χ1n) is 2.40. The van der Waals surface area contributed by atoms with Crippen LogP contribution in [0.3, 0.4) is 0 Å². The summed E-state index contributed by atoms with van der Waals surface area (Å²) < 4.78 is 19.6. The lowest BCUT2D eigenvalue weighted by molar-refractivity contribution is -0.179. The minimum Gasteiger partial charge on any atom is -0.342 e. The number of hydrogen-bond donors (Lipinski definition) is 0. The molecule has 54 valence electrons. The molecule has 0 amide bonds. The van der Waals surface area contributed by atoms with Gasteiger partial charge in [-0.2, -0.15) is 0 Å². The Bertz CT molecular complexity index is 109. The van der Waals surface area contributed by atoms with Gasteiger partial charge in [0.25, 0.3) is 10.9 Å². The Morgan fingerprint density at radius 2 is 2.11 bits per heavy atom. The van der Waals surface area contributed by atoms with Gasteiger partial charge in [0.15, 0.2) is 0 Å². The molecule has 0 saturated carbocycles. The highest BCUT2D eigenvalue weighted by Gasteiger charge is 2.40. The number of ether oxygens (including phenoxy) is 2. The van der Waals surface area contributed by atoms with Crippen molar-refractivity contribution in [3.8, 4) is 0 Å². The second-order valence-corrected chi connectivity index (χ2v) is 2.91. The highest BCUT2D eigenvalue weighted by atomic mass is 35.5. The van der Waals surface area contributed by atoms with Crippen molar-refractivity contribution in [2.75, 3.05) is 13.2 Å². The van der Waals surface area contributed by atoms with Crippen molar-refractivity contribution in [2.24, 2.45) is 0 Å². The maximum atomic E-state index is 12.4. The first-order chi connectivity index (χ1) is 4.13. The lowest BCUT2D eigenvalue weighted by Gasteiger charge is -2.28. The molecular weight excluding hydrogens is 170 g/mol. The summed E-state index contributed by atoms with van der Waals surface area (Å²) in [7, 11) is 0. The van der Waals surface area contributed by atoms with Crippen molar-refractivity contribution >= 4 is 23.2 Å². The molecule has 0 aromatic heterocycles. The van der Waals surface area contributed by atoms with E-state index in [9.17, 15) is 4.39 Å². The van der Waals surface area contributed by atoms with E-state index in [0.29, 0.717) is 0 Å². The summed E-state index contributed by atoms with van der Waals surface area (Å²) in [5.74, 6) is 0. The molecule has 0 bridgehead atoms. The van der Waals surface area contributed by atoms with Crippen LogP contribution < -0.4 is 0 Å². The summed E-state index contributed by atoms with van der Waals surface area (Å²) in [6.07, 6.45) is -1.74.